The van der Waals surface area contributed by atoms with Crippen molar-refractivity contribution in [3.05, 3.63) is 53.6 Å². The summed E-state index contributed by atoms with van der Waals surface area (Å²) in [4.78, 5) is 0. The summed E-state index contributed by atoms with van der Waals surface area (Å²) in [5, 5.41) is 38.5. The summed E-state index contributed by atoms with van der Waals surface area (Å²) >= 11 is 0. The fraction of sp³-hybridized carbons (Fsp3) is 0.368. The lowest BCUT2D eigenvalue weighted by molar-refractivity contribution is 0.119. The Morgan fingerprint density at radius 1 is 0.833 bits per heavy atom. The minimum absolute atomic E-state index is 0.0404. The molecule has 0 saturated heterocycles. The quantitative estimate of drug-likeness (QED) is 0.594. The molecular formula is C19H24O5. The van der Waals surface area contributed by atoms with Crippen LogP contribution in [0.4, 0.5) is 0 Å². The van der Waals surface area contributed by atoms with Crippen LogP contribution in [0.5, 0.6) is 17.2 Å². The van der Waals surface area contributed by atoms with Gasteiger partial charge >= 0.3 is 0 Å². The molecule has 0 heterocycles. The second-order valence-electron chi connectivity index (χ2n) is 5.97. The van der Waals surface area contributed by atoms with Crippen LogP contribution < -0.4 is 4.74 Å². The van der Waals surface area contributed by atoms with Gasteiger partial charge in [-0.2, -0.15) is 0 Å². The molecule has 0 aliphatic carbocycles. The van der Waals surface area contributed by atoms with Gasteiger partial charge in [0.05, 0.1) is 7.11 Å². The number of ether oxygens (including phenoxy) is 1. The average Bonchev–Trinajstić information content (AvgIpc) is 2.60. The van der Waals surface area contributed by atoms with E-state index in [0.717, 1.165) is 11.1 Å². The highest BCUT2D eigenvalue weighted by Crippen LogP contribution is 2.29. The molecule has 0 unspecified atom stereocenters. The zero-order chi connectivity index (χ0) is 17.5. The number of hydrogen-bond donors (Lipinski definition) is 4. The standard InChI is InChI=1S/C19H24O5/c1-24-19-10-14(4-7-18(19)23)9-16(12-21)15(11-20)8-13-2-5-17(22)6-3-13/h2-7,10,15-16,20-23H,8-9,11-12H2,1H3/t15-,16-/m0/s1. The summed E-state index contributed by atoms with van der Waals surface area (Å²) in [6.45, 7) is -0.0895. The number of rotatable bonds is 8. The Hall–Kier alpha value is -2.24. The molecule has 2 aromatic carbocycles. The van der Waals surface area contributed by atoms with Gasteiger partial charge in [0, 0.05) is 13.2 Å². The fourth-order valence-corrected chi connectivity index (χ4v) is 2.85. The molecule has 4 N–H and O–H groups in total. The van der Waals surface area contributed by atoms with E-state index >= 15 is 0 Å². The molecule has 2 atom stereocenters. The second-order valence-corrected chi connectivity index (χ2v) is 5.97. The van der Waals surface area contributed by atoms with Gasteiger partial charge in [0.25, 0.3) is 0 Å². The molecule has 2 aromatic rings. The van der Waals surface area contributed by atoms with Crippen molar-refractivity contribution in [2.45, 2.75) is 12.8 Å². The van der Waals surface area contributed by atoms with Crippen molar-refractivity contribution in [3.63, 3.8) is 0 Å². The first-order valence-corrected chi connectivity index (χ1v) is 7.92. The van der Waals surface area contributed by atoms with Gasteiger partial charge in [-0.1, -0.05) is 18.2 Å². The van der Waals surface area contributed by atoms with E-state index in [4.69, 9.17) is 4.74 Å². The van der Waals surface area contributed by atoms with Crippen molar-refractivity contribution >= 4 is 0 Å². The minimum Gasteiger partial charge on any atom is -0.508 e. The summed E-state index contributed by atoms with van der Waals surface area (Å²) in [7, 11) is 1.49. The lowest BCUT2D eigenvalue weighted by Gasteiger charge is -2.24. The van der Waals surface area contributed by atoms with Crippen molar-refractivity contribution in [1.29, 1.82) is 0 Å². The second kappa shape index (κ2) is 8.57. The molecule has 0 radical (unpaired) electrons. The molecule has 0 aliphatic heterocycles. The summed E-state index contributed by atoms with van der Waals surface area (Å²) in [5.41, 5.74) is 1.92. The Bertz CT molecular complexity index is 639. The van der Waals surface area contributed by atoms with Crippen molar-refractivity contribution in [1.82, 2.24) is 0 Å². The molecule has 0 amide bonds. The van der Waals surface area contributed by atoms with Crippen LogP contribution in [0.1, 0.15) is 11.1 Å². The maximum atomic E-state index is 9.76. The molecule has 0 bridgehead atoms. The number of methoxy groups -OCH3 is 1. The van der Waals surface area contributed by atoms with E-state index in [1.165, 1.54) is 7.11 Å². The van der Waals surface area contributed by atoms with Gasteiger partial charge in [0.2, 0.25) is 0 Å². The number of aliphatic hydroxyl groups excluding tert-OH is 2. The molecule has 2 rings (SSSR count). The van der Waals surface area contributed by atoms with Crippen LogP contribution in [0, 0.1) is 11.8 Å². The smallest absolute Gasteiger partial charge is 0.160 e. The van der Waals surface area contributed by atoms with Gasteiger partial charge in [0.15, 0.2) is 11.5 Å². The number of aromatic hydroxyl groups is 2. The van der Waals surface area contributed by atoms with Crippen LogP contribution in [0.2, 0.25) is 0 Å². The highest BCUT2D eigenvalue weighted by Gasteiger charge is 2.21. The van der Waals surface area contributed by atoms with E-state index in [2.05, 4.69) is 0 Å². The molecule has 130 valence electrons. The fourth-order valence-electron chi connectivity index (χ4n) is 2.85. The van der Waals surface area contributed by atoms with Gasteiger partial charge in [-0.15, -0.1) is 0 Å². The van der Waals surface area contributed by atoms with Gasteiger partial charge in [-0.25, -0.2) is 0 Å². The van der Waals surface area contributed by atoms with Crippen molar-refractivity contribution in [2.24, 2.45) is 11.8 Å². The Kier molecular flexibility index (Phi) is 6.46. The van der Waals surface area contributed by atoms with Crippen LogP contribution in [0.25, 0.3) is 0 Å². The largest absolute Gasteiger partial charge is 0.508 e. The first-order valence-electron chi connectivity index (χ1n) is 7.92. The van der Waals surface area contributed by atoms with E-state index in [1.54, 1.807) is 30.3 Å². The predicted molar refractivity (Wildman–Crippen MR) is 91.3 cm³/mol. The van der Waals surface area contributed by atoms with Crippen LogP contribution in [-0.4, -0.2) is 40.7 Å². The van der Waals surface area contributed by atoms with Gasteiger partial charge < -0.3 is 25.2 Å². The Morgan fingerprint density at radius 2 is 1.38 bits per heavy atom. The van der Waals surface area contributed by atoms with Crippen molar-refractivity contribution in [3.8, 4) is 17.2 Å². The molecule has 0 fully saturated rings. The lowest BCUT2D eigenvalue weighted by atomic mass is 9.83. The first kappa shape index (κ1) is 18.1. The minimum atomic E-state index is -0.127. The Labute approximate surface area is 141 Å². The number of benzene rings is 2. The molecule has 0 spiro atoms. The lowest BCUT2D eigenvalue weighted by Crippen LogP contribution is -2.26. The van der Waals surface area contributed by atoms with E-state index in [9.17, 15) is 20.4 Å². The molecule has 0 aliphatic rings. The number of aliphatic hydroxyl groups is 2. The highest BCUT2D eigenvalue weighted by atomic mass is 16.5. The number of hydrogen-bond acceptors (Lipinski definition) is 5. The highest BCUT2D eigenvalue weighted by molar-refractivity contribution is 5.41. The molecular weight excluding hydrogens is 308 g/mol. The maximum Gasteiger partial charge on any atom is 0.160 e. The van der Waals surface area contributed by atoms with Crippen molar-refractivity contribution in [2.75, 3.05) is 20.3 Å². The van der Waals surface area contributed by atoms with E-state index in [-0.39, 0.29) is 36.5 Å². The van der Waals surface area contributed by atoms with Gasteiger partial charge in [-0.3, -0.25) is 0 Å². The SMILES string of the molecule is COc1cc(C[C@@H](CO)[C@H](CO)Cc2ccc(O)cc2)ccc1O. The topological polar surface area (TPSA) is 90.2 Å². The summed E-state index contributed by atoms with van der Waals surface area (Å²) in [5.74, 6) is 0.430. The Balaban J connectivity index is 2.11. The van der Waals surface area contributed by atoms with Crippen molar-refractivity contribution < 1.29 is 25.2 Å². The third-order valence-electron chi connectivity index (χ3n) is 4.31. The van der Waals surface area contributed by atoms with Crippen LogP contribution in [-0.2, 0) is 12.8 Å². The number of phenolic OH excluding ortho intramolecular Hbond substituents is 2. The number of phenols is 2. The molecule has 5 heteroatoms. The van der Waals surface area contributed by atoms with Crippen LogP contribution in [0.3, 0.4) is 0 Å². The third kappa shape index (κ3) is 4.63. The summed E-state index contributed by atoms with van der Waals surface area (Å²) in [6, 6.07) is 12.0. The van der Waals surface area contributed by atoms with E-state index in [0.29, 0.717) is 18.6 Å². The zero-order valence-electron chi connectivity index (χ0n) is 13.7. The van der Waals surface area contributed by atoms with E-state index < -0.39 is 0 Å². The third-order valence-corrected chi connectivity index (χ3v) is 4.31. The average molecular weight is 332 g/mol. The van der Waals surface area contributed by atoms with E-state index in [1.807, 2.05) is 12.1 Å². The zero-order valence-corrected chi connectivity index (χ0v) is 13.7. The van der Waals surface area contributed by atoms with Crippen LogP contribution >= 0.6 is 0 Å². The van der Waals surface area contributed by atoms with Gasteiger partial charge in [0.1, 0.15) is 5.75 Å². The molecule has 24 heavy (non-hydrogen) atoms. The molecule has 5 nitrogen and oxygen atoms in total. The maximum absolute atomic E-state index is 9.76. The normalized spacial score (nSPS) is 13.5. The summed E-state index contributed by atoms with van der Waals surface area (Å²) in [6.07, 6.45) is 1.17. The predicted octanol–water partition coefficient (Wildman–Crippen LogP) is 2.11. The molecule has 0 saturated carbocycles. The Morgan fingerprint density at radius 3 is 1.92 bits per heavy atom. The molecule has 0 aromatic heterocycles. The van der Waals surface area contributed by atoms with Gasteiger partial charge in [-0.05, 0) is 60.1 Å². The summed E-state index contributed by atoms with van der Waals surface area (Å²) < 4.78 is 5.11. The van der Waals surface area contributed by atoms with Crippen LogP contribution in [0.15, 0.2) is 42.5 Å². The monoisotopic (exact) mass is 332 g/mol. The first-order chi connectivity index (χ1) is 11.6.